The molecule has 0 aliphatic carbocycles. The molecule has 0 N–H and O–H groups in total. The van der Waals surface area contributed by atoms with E-state index >= 15 is 0 Å². The summed E-state index contributed by atoms with van der Waals surface area (Å²) in [5, 5.41) is 0. The van der Waals surface area contributed by atoms with Crippen molar-refractivity contribution in [2.75, 3.05) is 12.9 Å². The standard InChI is InChI=1S/C15H24ClNO2S/c1-4-6-13(2)17(3)20(18,19)15-10-8-14(9-11-15)7-5-12-16/h8-11,13H,4-7,12H2,1-3H3. The highest BCUT2D eigenvalue weighted by atomic mass is 35.5. The third kappa shape index (κ3) is 4.47. The Bertz CT molecular complexity index is 499. The Hall–Kier alpha value is -0.580. The van der Waals surface area contributed by atoms with Gasteiger partial charge in [0.25, 0.3) is 0 Å². The molecule has 0 amide bonds. The summed E-state index contributed by atoms with van der Waals surface area (Å²) in [6, 6.07) is 7.14. The summed E-state index contributed by atoms with van der Waals surface area (Å²) in [6.07, 6.45) is 3.62. The maximum absolute atomic E-state index is 12.5. The first kappa shape index (κ1) is 17.5. The fourth-order valence-electron chi connectivity index (χ4n) is 2.10. The number of hydrogen-bond donors (Lipinski definition) is 0. The van der Waals surface area contributed by atoms with Gasteiger partial charge < -0.3 is 0 Å². The number of hydrogen-bond acceptors (Lipinski definition) is 2. The van der Waals surface area contributed by atoms with E-state index in [1.54, 1.807) is 19.2 Å². The SMILES string of the molecule is CCCC(C)N(C)S(=O)(=O)c1ccc(CCCCl)cc1. The van der Waals surface area contributed by atoms with Crippen molar-refractivity contribution in [2.45, 2.75) is 50.5 Å². The molecular weight excluding hydrogens is 294 g/mol. The lowest BCUT2D eigenvalue weighted by atomic mass is 10.1. The van der Waals surface area contributed by atoms with Crippen LogP contribution in [0.25, 0.3) is 0 Å². The molecule has 0 fully saturated rings. The van der Waals surface area contributed by atoms with E-state index in [-0.39, 0.29) is 6.04 Å². The van der Waals surface area contributed by atoms with E-state index in [0.29, 0.717) is 10.8 Å². The van der Waals surface area contributed by atoms with Crippen molar-refractivity contribution in [3.05, 3.63) is 29.8 Å². The molecule has 0 saturated heterocycles. The van der Waals surface area contributed by atoms with Gasteiger partial charge >= 0.3 is 0 Å². The number of sulfonamides is 1. The van der Waals surface area contributed by atoms with Crippen molar-refractivity contribution < 1.29 is 8.42 Å². The molecule has 0 heterocycles. The van der Waals surface area contributed by atoms with Crippen LogP contribution in [0.5, 0.6) is 0 Å². The fourth-order valence-corrected chi connectivity index (χ4v) is 3.63. The quantitative estimate of drug-likeness (QED) is 0.686. The lowest BCUT2D eigenvalue weighted by Gasteiger charge is -2.24. The normalized spacial score (nSPS) is 13.7. The maximum Gasteiger partial charge on any atom is 0.243 e. The number of aryl methyl sites for hydroxylation is 1. The van der Waals surface area contributed by atoms with Crippen LogP contribution in [0.2, 0.25) is 0 Å². The van der Waals surface area contributed by atoms with Crippen molar-refractivity contribution in [2.24, 2.45) is 0 Å². The highest BCUT2D eigenvalue weighted by molar-refractivity contribution is 7.89. The van der Waals surface area contributed by atoms with Gasteiger partial charge in [-0.15, -0.1) is 11.6 Å². The molecule has 0 aromatic heterocycles. The first-order valence-corrected chi connectivity index (χ1v) is 9.03. The van der Waals surface area contributed by atoms with Crippen LogP contribution in [0.15, 0.2) is 29.2 Å². The zero-order chi connectivity index (χ0) is 15.2. The highest BCUT2D eigenvalue weighted by Gasteiger charge is 2.24. The molecule has 20 heavy (non-hydrogen) atoms. The summed E-state index contributed by atoms with van der Waals surface area (Å²) in [7, 11) is -1.74. The Balaban J connectivity index is 2.87. The number of halogens is 1. The van der Waals surface area contributed by atoms with Gasteiger partial charge in [0.2, 0.25) is 10.0 Å². The first-order chi connectivity index (χ1) is 9.43. The van der Waals surface area contributed by atoms with Crippen LogP contribution >= 0.6 is 11.6 Å². The Morgan fingerprint density at radius 3 is 2.35 bits per heavy atom. The van der Waals surface area contributed by atoms with E-state index in [1.807, 2.05) is 19.1 Å². The topological polar surface area (TPSA) is 37.4 Å². The van der Waals surface area contributed by atoms with Crippen molar-refractivity contribution in [1.82, 2.24) is 4.31 Å². The fraction of sp³-hybridized carbons (Fsp3) is 0.600. The van der Waals surface area contributed by atoms with E-state index < -0.39 is 10.0 Å². The average Bonchev–Trinajstić information content (AvgIpc) is 2.45. The largest absolute Gasteiger partial charge is 0.243 e. The Morgan fingerprint density at radius 1 is 1.25 bits per heavy atom. The van der Waals surface area contributed by atoms with Crippen molar-refractivity contribution in [3.63, 3.8) is 0 Å². The monoisotopic (exact) mass is 317 g/mol. The van der Waals surface area contributed by atoms with Crippen LogP contribution < -0.4 is 0 Å². The molecule has 1 atom stereocenters. The second-order valence-corrected chi connectivity index (χ2v) is 7.47. The molecule has 3 nitrogen and oxygen atoms in total. The molecule has 1 rings (SSSR count). The van der Waals surface area contributed by atoms with Crippen molar-refractivity contribution in [3.8, 4) is 0 Å². The summed E-state index contributed by atoms with van der Waals surface area (Å²) < 4.78 is 26.4. The summed E-state index contributed by atoms with van der Waals surface area (Å²) >= 11 is 5.66. The molecular formula is C15H24ClNO2S. The van der Waals surface area contributed by atoms with Gasteiger partial charge in [0.15, 0.2) is 0 Å². The molecule has 0 aliphatic heterocycles. The van der Waals surface area contributed by atoms with E-state index in [0.717, 1.165) is 31.2 Å². The average molecular weight is 318 g/mol. The number of rotatable bonds is 8. The van der Waals surface area contributed by atoms with Gasteiger partial charge in [0, 0.05) is 19.0 Å². The smallest absolute Gasteiger partial charge is 0.207 e. The number of alkyl halides is 1. The summed E-state index contributed by atoms with van der Waals surface area (Å²) in [5.74, 6) is 0.622. The summed E-state index contributed by atoms with van der Waals surface area (Å²) in [4.78, 5) is 0.359. The van der Waals surface area contributed by atoms with Crippen LogP contribution in [0.4, 0.5) is 0 Å². The number of nitrogens with zero attached hydrogens (tertiary/aromatic N) is 1. The molecule has 0 radical (unpaired) electrons. The van der Waals surface area contributed by atoms with Crippen LogP contribution in [-0.4, -0.2) is 31.7 Å². The third-order valence-electron chi connectivity index (χ3n) is 3.53. The summed E-state index contributed by atoms with van der Waals surface area (Å²) in [5.41, 5.74) is 1.12. The van der Waals surface area contributed by atoms with E-state index in [9.17, 15) is 8.42 Å². The van der Waals surface area contributed by atoms with Crippen LogP contribution in [0.1, 0.15) is 38.7 Å². The third-order valence-corrected chi connectivity index (χ3v) is 5.78. The van der Waals surface area contributed by atoms with Gasteiger partial charge in [0.05, 0.1) is 4.90 Å². The minimum atomic E-state index is -3.39. The Kier molecular flexibility index (Phi) is 7.00. The molecule has 114 valence electrons. The molecule has 0 spiro atoms. The van der Waals surface area contributed by atoms with Gasteiger partial charge in [-0.1, -0.05) is 25.5 Å². The molecule has 5 heteroatoms. The molecule has 0 aliphatic rings. The predicted molar refractivity (Wildman–Crippen MR) is 84.8 cm³/mol. The van der Waals surface area contributed by atoms with E-state index in [1.165, 1.54) is 4.31 Å². The van der Waals surface area contributed by atoms with Gasteiger partial charge in [0.1, 0.15) is 0 Å². The minimum Gasteiger partial charge on any atom is -0.207 e. The van der Waals surface area contributed by atoms with Crippen LogP contribution in [0, 0.1) is 0 Å². The maximum atomic E-state index is 12.5. The Morgan fingerprint density at radius 2 is 1.85 bits per heavy atom. The van der Waals surface area contributed by atoms with Gasteiger partial charge in [-0.05, 0) is 43.9 Å². The zero-order valence-corrected chi connectivity index (χ0v) is 14.0. The van der Waals surface area contributed by atoms with Gasteiger partial charge in [-0.2, -0.15) is 4.31 Å². The lowest BCUT2D eigenvalue weighted by molar-refractivity contribution is 0.369. The first-order valence-electron chi connectivity index (χ1n) is 7.06. The van der Waals surface area contributed by atoms with Gasteiger partial charge in [-0.3, -0.25) is 0 Å². The zero-order valence-electron chi connectivity index (χ0n) is 12.5. The number of benzene rings is 1. The van der Waals surface area contributed by atoms with Gasteiger partial charge in [-0.25, -0.2) is 8.42 Å². The van der Waals surface area contributed by atoms with E-state index in [2.05, 4.69) is 6.92 Å². The second-order valence-electron chi connectivity index (χ2n) is 5.10. The van der Waals surface area contributed by atoms with Crippen LogP contribution in [-0.2, 0) is 16.4 Å². The molecule has 1 aromatic rings. The Labute approximate surface area is 128 Å². The minimum absolute atomic E-state index is 0.0147. The van der Waals surface area contributed by atoms with Crippen molar-refractivity contribution in [1.29, 1.82) is 0 Å². The highest BCUT2D eigenvalue weighted by Crippen LogP contribution is 2.19. The molecule has 0 bridgehead atoms. The van der Waals surface area contributed by atoms with Crippen molar-refractivity contribution >= 4 is 21.6 Å². The predicted octanol–water partition coefficient (Wildman–Crippen LogP) is 3.67. The molecule has 0 saturated carbocycles. The molecule has 1 unspecified atom stereocenters. The lowest BCUT2D eigenvalue weighted by Crippen LogP contribution is -2.34. The summed E-state index contributed by atoms with van der Waals surface area (Å²) in [6.45, 7) is 4.00. The molecule has 1 aromatic carbocycles. The van der Waals surface area contributed by atoms with E-state index in [4.69, 9.17) is 11.6 Å². The van der Waals surface area contributed by atoms with Crippen LogP contribution in [0.3, 0.4) is 0 Å². The second kappa shape index (κ2) is 8.01.